The highest BCUT2D eigenvalue weighted by molar-refractivity contribution is 4.84. The molecule has 1 aliphatic rings. The molecule has 0 spiro atoms. The minimum absolute atomic E-state index is 0.741. The Hall–Kier alpha value is -0.0400. The molecule has 0 heterocycles. The molecule has 1 saturated carbocycles. The fraction of sp³-hybridized carbons (Fsp3) is 1.00. The zero-order chi connectivity index (χ0) is 12.8. The molecular weight excluding hydrogens is 206 g/mol. The number of nitrogens with one attached hydrogen (secondary N) is 1. The topological polar surface area (TPSA) is 12.0 Å². The summed E-state index contributed by atoms with van der Waals surface area (Å²) in [6.45, 7) is 11.9. The Morgan fingerprint density at radius 3 is 2.35 bits per heavy atom. The van der Waals surface area contributed by atoms with E-state index >= 15 is 0 Å². The van der Waals surface area contributed by atoms with Crippen molar-refractivity contribution < 1.29 is 0 Å². The highest BCUT2D eigenvalue weighted by Gasteiger charge is 2.26. The van der Waals surface area contributed by atoms with Crippen LogP contribution in [0.3, 0.4) is 0 Å². The quantitative estimate of drug-likeness (QED) is 0.713. The van der Waals surface area contributed by atoms with Crippen LogP contribution in [-0.2, 0) is 0 Å². The van der Waals surface area contributed by atoms with E-state index in [1.807, 2.05) is 0 Å². The number of hydrogen-bond acceptors (Lipinski definition) is 1. The summed E-state index contributed by atoms with van der Waals surface area (Å²) in [5.41, 5.74) is 0. The van der Waals surface area contributed by atoms with Crippen molar-refractivity contribution >= 4 is 0 Å². The first kappa shape index (κ1) is 15.0. The summed E-state index contributed by atoms with van der Waals surface area (Å²) in [6, 6.07) is 1.52. The molecule has 0 amide bonds. The molecule has 5 unspecified atom stereocenters. The van der Waals surface area contributed by atoms with Crippen LogP contribution in [-0.4, -0.2) is 12.1 Å². The molecule has 1 heteroatoms. The summed E-state index contributed by atoms with van der Waals surface area (Å²) in [4.78, 5) is 0. The van der Waals surface area contributed by atoms with Crippen molar-refractivity contribution in [2.45, 2.75) is 85.2 Å². The van der Waals surface area contributed by atoms with Gasteiger partial charge in [0.1, 0.15) is 0 Å². The Bertz CT molecular complexity index is 202. The highest BCUT2D eigenvalue weighted by atomic mass is 15.0. The molecule has 102 valence electrons. The van der Waals surface area contributed by atoms with Gasteiger partial charge in [-0.2, -0.15) is 0 Å². The maximum absolute atomic E-state index is 3.94. The van der Waals surface area contributed by atoms with E-state index in [1.165, 1.54) is 38.5 Å². The average Bonchev–Trinajstić information content (AvgIpc) is 2.31. The van der Waals surface area contributed by atoms with Crippen LogP contribution in [0.4, 0.5) is 0 Å². The maximum atomic E-state index is 3.94. The Balaban J connectivity index is 2.39. The van der Waals surface area contributed by atoms with E-state index in [-0.39, 0.29) is 0 Å². The fourth-order valence-electron chi connectivity index (χ4n) is 3.22. The van der Waals surface area contributed by atoms with E-state index in [0.717, 1.165) is 29.8 Å². The summed E-state index contributed by atoms with van der Waals surface area (Å²) in [5.74, 6) is 2.67. The minimum Gasteiger partial charge on any atom is -0.311 e. The normalized spacial score (nSPS) is 33.4. The molecule has 0 aliphatic heterocycles. The van der Waals surface area contributed by atoms with Crippen molar-refractivity contribution in [3.05, 3.63) is 0 Å². The molecule has 0 saturated heterocycles. The zero-order valence-electron chi connectivity index (χ0n) is 12.6. The van der Waals surface area contributed by atoms with Crippen molar-refractivity contribution in [1.29, 1.82) is 0 Å². The van der Waals surface area contributed by atoms with Crippen LogP contribution in [0.2, 0.25) is 0 Å². The van der Waals surface area contributed by atoms with E-state index < -0.39 is 0 Å². The second-order valence-electron chi connectivity index (χ2n) is 6.52. The van der Waals surface area contributed by atoms with Gasteiger partial charge in [-0.1, -0.05) is 41.0 Å². The summed E-state index contributed by atoms with van der Waals surface area (Å²) in [6.07, 6.45) is 8.17. The van der Waals surface area contributed by atoms with Crippen LogP contribution in [0.25, 0.3) is 0 Å². The van der Waals surface area contributed by atoms with Gasteiger partial charge in [-0.05, 0) is 49.9 Å². The molecule has 0 aromatic heterocycles. The second-order valence-corrected chi connectivity index (χ2v) is 6.52. The van der Waals surface area contributed by atoms with Gasteiger partial charge in [-0.3, -0.25) is 0 Å². The van der Waals surface area contributed by atoms with Crippen LogP contribution in [0, 0.1) is 17.8 Å². The zero-order valence-corrected chi connectivity index (χ0v) is 12.6. The average molecular weight is 239 g/mol. The van der Waals surface area contributed by atoms with Crippen LogP contribution < -0.4 is 5.32 Å². The Kier molecular flexibility index (Phi) is 6.54. The molecule has 1 rings (SSSR count). The fourth-order valence-corrected chi connectivity index (χ4v) is 3.22. The molecule has 1 nitrogen and oxygen atoms in total. The third-order valence-electron chi connectivity index (χ3n) is 4.76. The maximum Gasteiger partial charge on any atom is 0.00954 e. The molecule has 1 aliphatic carbocycles. The molecule has 1 N–H and O–H groups in total. The van der Waals surface area contributed by atoms with E-state index in [9.17, 15) is 0 Å². The molecule has 1 fully saturated rings. The lowest BCUT2D eigenvalue weighted by atomic mass is 9.79. The number of hydrogen-bond donors (Lipinski definition) is 1. The van der Waals surface area contributed by atoms with Gasteiger partial charge in [0.15, 0.2) is 0 Å². The lowest BCUT2D eigenvalue weighted by Gasteiger charge is -2.36. The Labute approximate surface area is 109 Å². The molecule has 17 heavy (non-hydrogen) atoms. The van der Waals surface area contributed by atoms with Crippen LogP contribution in [0.1, 0.15) is 73.1 Å². The van der Waals surface area contributed by atoms with E-state index in [4.69, 9.17) is 0 Å². The van der Waals surface area contributed by atoms with Crippen molar-refractivity contribution in [1.82, 2.24) is 5.32 Å². The largest absolute Gasteiger partial charge is 0.311 e. The van der Waals surface area contributed by atoms with E-state index in [0.29, 0.717) is 0 Å². The Morgan fingerprint density at radius 2 is 1.82 bits per heavy atom. The first-order chi connectivity index (χ1) is 8.06. The van der Waals surface area contributed by atoms with Gasteiger partial charge in [0.05, 0.1) is 0 Å². The summed E-state index contributed by atoms with van der Waals surface area (Å²) < 4.78 is 0. The molecule has 0 aromatic rings. The Morgan fingerprint density at radius 1 is 1.12 bits per heavy atom. The predicted octanol–water partition coefficient (Wildman–Crippen LogP) is 4.62. The molecule has 5 atom stereocenters. The van der Waals surface area contributed by atoms with Gasteiger partial charge < -0.3 is 5.32 Å². The van der Waals surface area contributed by atoms with Gasteiger partial charge in [0, 0.05) is 12.1 Å². The molecule has 0 aromatic carbocycles. The van der Waals surface area contributed by atoms with Crippen LogP contribution >= 0.6 is 0 Å². The summed E-state index contributed by atoms with van der Waals surface area (Å²) in [7, 11) is 0. The molecule has 0 radical (unpaired) electrons. The molecule has 0 bridgehead atoms. The lowest BCUT2D eigenvalue weighted by molar-refractivity contribution is 0.203. The van der Waals surface area contributed by atoms with Crippen LogP contribution in [0.5, 0.6) is 0 Å². The SMILES string of the molecule is CCC(C)CC(CC)NC1CCC(C)CC1C. The number of rotatable bonds is 6. The van der Waals surface area contributed by atoms with Crippen molar-refractivity contribution in [3.8, 4) is 0 Å². The predicted molar refractivity (Wildman–Crippen MR) is 77.3 cm³/mol. The standard InChI is InChI=1S/C16H33N/c1-6-12(3)11-15(7-2)17-16-9-8-13(4)10-14(16)5/h12-17H,6-11H2,1-5H3. The third kappa shape index (κ3) is 4.99. The van der Waals surface area contributed by atoms with Gasteiger partial charge in [-0.25, -0.2) is 0 Å². The van der Waals surface area contributed by atoms with Crippen molar-refractivity contribution in [2.75, 3.05) is 0 Å². The van der Waals surface area contributed by atoms with Crippen molar-refractivity contribution in [2.24, 2.45) is 17.8 Å². The van der Waals surface area contributed by atoms with Gasteiger partial charge >= 0.3 is 0 Å². The van der Waals surface area contributed by atoms with Gasteiger partial charge in [0.2, 0.25) is 0 Å². The van der Waals surface area contributed by atoms with Gasteiger partial charge in [0.25, 0.3) is 0 Å². The molecular formula is C16H33N. The second kappa shape index (κ2) is 7.41. The third-order valence-corrected chi connectivity index (χ3v) is 4.76. The highest BCUT2D eigenvalue weighted by Crippen LogP contribution is 2.29. The summed E-state index contributed by atoms with van der Waals surface area (Å²) in [5, 5.41) is 3.94. The van der Waals surface area contributed by atoms with Crippen LogP contribution in [0.15, 0.2) is 0 Å². The van der Waals surface area contributed by atoms with E-state index in [2.05, 4.69) is 39.9 Å². The summed E-state index contributed by atoms with van der Waals surface area (Å²) >= 11 is 0. The van der Waals surface area contributed by atoms with E-state index in [1.54, 1.807) is 0 Å². The first-order valence-electron chi connectivity index (χ1n) is 7.82. The van der Waals surface area contributed by atoms with Crippen molar-refractivity contribution in [3.63, 3.8) is 0 Å². The monoisotopic (exact) mass is 239 g/mol. The van der Waals surface area contributed by atoms with Gasteiger partial charge in [-0.15, -0.1) is 0 Å². The minimum atomic E-state index is 0.741. The smallest absolute Gasteiger partial charge is 0.00954 e. The lowest BCUT2D eigenvalue weighted by Crippen LogP contribution is -2.45. The first-order valence-corrected chi connectivity index (χ1v) is 7.82.